The molecule has 0 saturated carbocycles. The topological polar surface area (TPSA) is 24.9 Å². The quantitative estimate of drug-likeness (QED) is 0.684. The van der Waals surface area contributed by atoms with Gasteiger partial charge >= 0.3 is 0 Å². The van der Waals surface area contributed by atoms with E-state index in [4.69, 9.17) is 23.2 Å². The number of para-hydroxylation sites is 1. The summed E-state index contributed by atoms with van der Waals surface area (Å²) in [6, 6.07) is 13.8. The Morgan fingerprint density at radius 2 is 2.00 bits per heavy atom. The maximum atomic E-state index is 6.23. The first-order valence-corrected chi connectivity index (χ1v) is 8.23. The van der Waals surface area contributed by atoms with E-state index in [0.29, 0.717) is 11.6 Å². The molecular formula is C16H14Cl2N2S. The third-order valence-electron chi connectivity index (χ3n) is 3.32. The van der Waals surface area contributed by atoms with Gasteiger partial charge in [-0.25, -0.2) is 4.98 Å². The molecule has 1 N–H and O–H groups in total. The molecule has 0 aliphatic carbocycles. The van der Waals surface area contributed by atoms with Crippen molar-refractivity contribution in [3.05, 3.63) is 63.1 Å². The fourth-order valence-electron chi connectivity index (χ4n) is 2.19. The van der Waals surface area contributed by atoms with Gasteiger partial charge in [0.25, 0.3) is 0 Å². The van der Waals surface area contributed by atoms with Crippen molar-refractivity contribution in [2.45, 2.75) is 19.5 Å². The van der Waals surface area contributed by atoms with Crippen LogP contribution in [-0.4, -0.2) is 4.98 Å². The van der Waals surface area contributed by atoms with Crippen LogP contribution in [0.4, 0.5) is 0 Å². The van der Waals surface area contributed by atoms with Crippen molar-refractivity contribution in [1.29, 1.82) is 0 Å². The minimum Gasteiger partial charge on any atom is -0.304 e. The van der Waals surface area contributed by atoms with Gasteiger partial charge in [0.2, 0.25) is 0 Å². The smallest absolute Gasteiger partial charge is 0.108 e. The second-order valence-corrected chi connectivity index (χ2v) is 6.80. The number of halogens is 2. The van der Waals surface area contributed by atoms with Crippen LogP contribution < -0.4 is 5.32 Å². The predicted octanol–water partition coefficient (Wildman–Crippen LogP) is 5.45. The molecule has 1 heterocycles. The SMILES string of the molecule is CC(NCc1nc2ccccc2s1)c1cc(Cl)ccc1Cl. The largest absolute Gasteiger partial charge is 0.304 e. The molecule has 0 saturated heterocycles. The van der Waals surface area contributed by atoms with E-state index >= 15 is 0 Å². The van der Waals surface area contributed by atoms with Crippen LogP contribution in [-0.2, 0) is 6.54 Å². The van der Waals surface area contributed by atoms with Crippen molar-refractivity contribution in [2.24, 2.45) is 0 Å². The van der Waals surface area contributed by atoms with E-state index in [-0.39, 0.29) is 6.04 Å². The van der Waals surface area contributed by atoms with Gasteiger partial charge in [-0.3, -0.25) is 0 Å². The van der Waals surface area contributed by atoms with Crippen LogP contribution in [0.2, 0.25) is 10.0 Å². The molecule has 5 heteroatoms. The summed E-state index contributed by atoms with van der Waals surface area (Å²) in [6.07, 6.45) is 0. The van der Waals surface area contributed by atoms with Crippen LogP contribution >= 0.6 is 34.5 Å². The Kier molecular flexibility index (Phi) is 4.45. The van der Waals surface area contributed by atoms with Crippen molar-refractivity contribution in [1.82, 2.24) is 10.3 Å². The van der Waals surface area contributed by atoms with Crippen LogP contribution in [0.25, 0.3) is 10.2 Å². The van der Waals surface area contributed by atoms with Gasteiger partial charge < -0.3 is 5.32 Å². The zero-order valence-corrected chi connectivity index (χ0v) is 13.8. The van der Waals surface area contributed by atoms with Crippen LogP contribution in [0.3, 0.4) is 0 Å². The zero-order chi connectivity index (χ0) is 14.8. The summed E-state index contributed by atoms with van der Waals surface area (Å²) >= 11 is 14.0. The maximum absolute atomic E-state index is 6.23. The lowest BCUT2D eigenvalue weighted by molar-refractivity contribution is 0.574. The van der Waals surface area contributed by atoms with Crippen LogP contribution in [0.5, 0.6) is 0 Å². The first-order chi connectivity index (χ1) is 10.1. The summed E-state index contributed by atoms with van der Waals surface area (Å²) < 4.78 is 1.21. The number of hydrogen-bond donors (Lipinski definition) is 1. The molecule has 0 fully saturated rings. The van der Waals surface area contributed by atoms with Gasteiger partial charge in [-0.1, -0.05) is 35.3 Å². The van der Waals surface area contributed by atoms with Gasteiger partial charge in [0, 0.05) is 22.6 Å². The van der Waals surface area contributed by atoms with E-state index < -0.39 is 0 Å². The van der Waals surface area contributed by atoms with Gasteiger partial charge in [-0.2, -0.15) is 0 Å². The highest BCUT2D eigenvalue weighted by atomic mass is 35.5. The number of hydrogen-bond acceptors (Lipinski definition) is 3. The average Bonchev–Trinajstić information content (AvgIpc) is 2.90. The molecule has 21 heavy (non-hydrogen) atoms. The van der Waals surface area contributed by atoms with Crippen molar-refractivity contribution >= 4 is 44.8 Å². The number of rotatable bonds is 4. The van der Waals surface area contributed by atoms with Gasteiger partial charge in [0.1, 0.15) is 5.01 Å². The third-order valence-corrected chi connectivity index (χ3v) is 4.94. The molecule has 1 atom stereocenters. The first kappa shape index (κ1) is 14.8. The molecule has 0 spiro atoms. The summed E-state index contributed by atoms with van der Waals surface area (Å²) in [5, 5.41) is 5.94. The van der Waals surface area contributed by atoms with Crippen LogP contribution in [0.15, 0.2) is 42.5 Å². The molecule has 2 aromatic carbocycles. The number of nitrogens with one attached hydrogen (secondary N) is 1. The number of fused-ring (bicyclic) bond motifs is 1. The molecule has 3 rings (SSSR count). The molecule has 0 amide bonds. The second-order valence-electron chi connectivity index (χ2n) is 4.84. The average molecular weight is 337 g/mol. The highest BCUT2D eigenvalue weighted by molar-refractivity contribution is 7.18. The van der Waals surface area contributed by atoms with Crippen molar-refractivity contribution < 1.29 is 0 Å². The summed E-state index contributed by atoms with van der Waals surface area (Å²) in [5.74, 6) is 0. The Hall–Kier alpha value is -1.13. The van der Waals surface area contributed by atoms with E-state index in [9.17, 15) is 0 Å². The minimum absolute atomic E-state index is 0.114. The normalized spacial score (nSPS) is 12.7. The zero-order valence-electron chi connectivity index (χ0n) is 11.4. The number of aromatic nitrogens is 1. The van der Waals surface area contributed by atoms with Crippen molar-refractivity contribution in [3.8, 4) is 0 Å². The Labute approximate surface area is 137 Å². The second kappa shape index (κ2) is 6.32. The highest BCUT2D eigenvalue weighted by Crippen LogP contribution is 2.27. The maximum Gasteiger partial charge on any atom is 0.108 e. The van der Waals surface area contributed by atoms with E-state index in [0.717, 1.165) is 21.1 Å². The molecule has 1 aromatic heterocycles. The predicted molar refractivity (Wildman–Crippen MR) is 91.3 cm³/mol. The fraction of sp³-hybridized carbons (Fsp3) is 0.188. The molecule has 0 aliphatic heterocycles. The third kappa shape index (κ3) is 3.38. The standard InChI is InChI=1S/C16H14Cl2N2S/c1-10(12-8-11(17)6-7-13(12)18)19-9-16-20-14-4-2-3-5-15(14)21-16/h2-8,10,19H,9H2,1H3. The van der Waals surface area contributed by atoms with Crippen molar-refractivity contribution in [2.75, 3.05) is 0 Å². The van der Waals surface area contributed by atoms with Crippen LogP contribution in [0, 0.1) is 0 Å². The fourth-order valence-corrected chi connectivity index (χ4v) is 3.57. The van der Waals surface area contributed by atoms with Crippen molar-refractivity contribution in [3.63, 3.8) is 0 Å². The Morgan fingerprint density at radius 3 is 2.81 bits per heavy atom. The Bertz CT molecular complexity index is 737. The molecule has 0 bridgehead atoms. The number of benzene rings is 2. The van der Waals surface area contributed by atoms with E-state index in [1.165, 1.54) is 4.70 Å². The molecule has 0 radical (unpaired) electrons. The van der Waals surface area contributed by atoms with E-state index in [2.05, 4.69) is 23.3 Å². The first-order valence-electron chi connectivity index (χ1n) is 6.66. The van der Waals surface area contributed by atoms with Gasteiger partial charge in [0.15, 0.2) is 0 Å². The Balaban J connectivity index is 1.73. The van der Waals surface area contributed by atoms with E-state index in [1.807, 2.05) is 30.3 Å². The summed E-state index contributed by atoms with van der Waals surface area (Å²) in [7, 11) is 0. The lowest BCUT2D eigenvalue weighted by Crippen LogP contribution is -2.18. The highest BCUT2D eigenvalue weighted by Gasteiger charge is 2.11. The number of nitrogens with zero attached hydrogens (tertiary/aromatic N) is 1. The van der Waals surface area contributed by atoms with E-state index in [1.54, 1.807) is 17.4 Å². The molecule has 0 aliphatic rings. The van der Waals surface area contributed by atoms with Gasteiger partial charge in [-0.15, -0.1) is 11.3 Å². The van der Waals surface area contributed by atoms with Gasteiger partial charge in [0.05, 0.1) is 10.2 Å². The Morgan fingerprint density at radius 1 is 1.19 bits per heavy atom. The summed E-state index contributed by atoms with van der Waals surface area (Å²) in [6.45, 7) is 2.79. The van der Waals surface area contributed by atoms with Gasteiger partial charge in [-0.05, 0) is 42.8 Å². The molecule has 108 valence electrons. The lowest BCUT2D eigenvalue weighted by Gasteiger charge is -2.15. The summed E-state index contributed by atoms with van der Waals surface area (Å²) in [5.41, 5.74) is 2.05. The molecule has 3 aromatic rings. The molecule has 1 unspecified atom stereocenters. The summed E-state index contributed by atoms with van der Waals surface area (Å²) in [4.78, 5) is 4.62. The number of thiazole rings is 1. The molecular weight excluding hydrogens is 323 g/mol. The molecule has 2 nitrogen and oxygen atoms in total. The monoisotopic (exact) mass is 336 g/mol. The van der Waals surface area contributed by atoms with Crippen LogP contribution in [0.1, 0.15) is 23.5 Å². The lowest BCUT2D eigenvalue weighted by atomic mass is 10.1. The minimum atomic E-state index is 0.114.